The predicted molar refractivity (Wildman–Crippen MR) is 73.9 cm³/mol. The Morgan fingerprint density at radius 1 is 1.53 bits per heavy atom. The van der Waals surface area contributed by atoms with Crippen LogP contribution in [-0.2, 0) is 6.54 Å². The first-order valence-corrected chi connectivity index (χ1v) is 7.28. The van der Waals surface area contributed by atoms with Gasteiger partial charge in [-0.3, -0.25) is 4.68 Å². The van der Waals surface area contributed by atoms with Gasteiger partial charge in [0.05, 0.1) is 25.0 Å². The Labute approximate surface area is 108 Å². The quantitative estimate of drug-likeness (QED) is 0.776. The lowest BCUT2D eigenvalue weighted by molar-refractivity contribution is 0.398. The van der Waals surface area contributed by atoms with E-state index in [1.807, 2.05) is 25.0 Å². The fourth-order valence-corrected chi connectivity index (χ4v) is 2.61. The summed E-state index contributed by atoms with van der Waals surface area (Å²) in [6.07, 6.45) is 2.89. The lowest BCUT2D eigenvalue weighted by atomic mass is 10.2. The molecule has 0 spiro atoms. The first-order chi connectivity index (χ1) is 8.28. The Morgan fingerprint density at radius 2 is 2.29 bits per heavy atom. The largest absolute Gasteiger partial charge is 0.493 e. The van der Waals surface area contributed by atoms with Crippen LogP contribution in [-0.4, -0.2) is 35.4 Å². The number of hydrogen-bond acceptors (Lipinski definition) is 4. The third-order valence-electron chi connectivity index (χ3n) is 2.67. The molecule has 1 N–H and O–H groups in total. The molecule has 0 aliphatic rings. The molecule has 1 heterocycles. The van der Waals surface area contributed by atoms with E-state index in [9.17, 15) is 0 Å². The molecule has 5 heteroatoms. The fourth-order valence-electron chi connectivity index (χ4n) is 1.81. The average molecular weight is 257 g/mol. The van der Waals surface area contributed by atoms with Crippen LogP contribution in [0.5, 0.6) is 5.75 Å². The smallest absolute Gasteiger partial charge is 0.161 e. The summed E-state index contributed by atoms with van der Waals surface area (Å²) in [5.41, 5.74) is 1.16. The lowest BCUT2D eigenvalue weighted by Gasteiger charge is -2.18. The van der Waals surface area contributed by atoms with Crippen molar-refractivity contribution in [2.75, 3.05) is 25.7 Å². The molecule has 0 radical (unpaired) electrons. The third kappa shape index (κ3) is 3.64. The van der Waals surface area contributed by atoms with Crippen LogP contribution in [0.3, 0.4) is 0 Å². The summed E-state index contributed by atoms with van der Waals surface area (Å²) in [6.45, 7) is 5.28. The van der Waals surface area contributed by atoms with Gasteiger partial charge in [0, 0.05) is 12.3 Å². The minimum atomic E-state index is 0.295. The maximum Gasteiger partial charge on any atom is 0.161 e. The van der Waals surface area contributed by atoms with Crippen molar-refractivity contribution in [1.82, 2.24) is 15.1 Å². The van der Waals surface area contributed by atoms with Crippen LogP contribution < -0.4 is 10.1 Å². The van der Waals surface area contributed by atoms with Gasteiger partial charge in [-0.1, -0.05) is 13.8 Å². The van der Waals surface area contributed by atoms with Crippen LogP contribution in [0.2, 0.25) is 0 Å². The van der Waals surface area contributed by atoms with E-state index in [1.54, 1.807) is 7.11 Å². The van der Waals surface area contributed by atoms with Gasteiger partial charge < -0.3 is 10.1 Å². The van der Waals surface area contributed by atoms with Crippen molar-refractivity contribution < 1.29 is 4.74 Å². The number of nitrogens with one attached hydrogen (secondary N) is 1. The van der Waals surface area contributed by atoms with Gasteiger partial charge in [0.15, 0.2) is 5.75 Å². The highest BCUT2D eigenvalue weighted by atomic mass is 32.2. The number of nitrogens with zero attached hydrogens (tertiary/aromatic N) is 2. The summed E-state index contributed by atoms with van der Waals surface area (Å²) < 4.78 is 7.45. The van der Waals surface area contributed by atoms with E-state index in [0.717, 1.165) is 35.9 Å². The Kier molecular flexibility index (Phi) is 6.44. The highest BCUT2D eigenvalue weighted by molar-refractivity contribution is 7.99. The van der Waals surface area contributed by atoms with Crippen molar-refractivity contribution >= 4 is 11.8 Å². The summed E-state index contributed by atoms with van der Waals surface area (Å²) in [5.74, 6) is 3.05. The van der Waals surface area contributed by atoms with Gasteiger partial charge in [0.25, 0.3) is 0 Å². The minimum Gasteiger partial charge on any atom is -0.493 e. The number of aromatic nitrogens is 2. The van der Waals surface area contributed by atoms with Crippen LogP contribution in [0.1, 0.15) is 32.0 Å². The fraction of sp³-hybridized carbons (Fsp3) is 0.750. The highest BCUT2D eigenvalue weighted by Gasteiger charge is 2.20. The summed E-state index contributed by atoms with van der Waals surface area (Å²) in [7, 11) is 3.69. The van der Waals surface area contributed by atoms with Gasteiger partial charge >= 0.3 is 0 Å². The zero-order valence-electron chi connectivity index (χ0n) is 11.2. The summed E-state index contributed by atoms with van der Waals surface area (Å²) in [6, 6.07) is 0.295. The molecule has 0 aliphatic carbocycles. The van der Waals surface area contributed by atoms with E-state index in [2.05, 4.69) is 28.9 Å². The molecule has 0 amide bonds. The molecule has 1 aromatic heterocycles. The Morgan fingerprint density at radius 3 is 2.82 bits per heavy atom. The Hall–Kier alpha value is -0.680. The molecule has 0 aromatic carbocycles. The van der Waals surface area contributed by atoms with Gasteiger partial charge in [-0.25, -0.2) is 0 Å². The molecule has 1 unspecified atom stereocenters. The normalized spacial score (nSPS) is 12.7. The molecule has 98 valence electrons. The average Bonchev–Trinajstić information content (AvgIpc) is 2.74. The number of rotatable bonds is 8. The molecule has 1 rings (SSSR count). The van der Waals surface area contributed by atoms with Crippen molar-refractivity contribution in [2.45, 2.75) is 32.9 Å². The SMILES string of the molecule is CCCn1ncc(OC)c1C(CSCC)NC. The molecular formula is C12H23N3OS. The van der Waals surface area contributed by atoms with Crippen LogP contribution in [0.4, 0.5) is 0 Å². The molecule has 1 atom stereocenters. The Balaban J connectivity index is 2.92. The number of ether oxygens (including phenoxy) is 1. The van der Waals surface area contributed by atoms with Crippen LogP contribution >= 0.6 is 11.8 Å². The molecule has 4 nitrogen and oxygen atoms in total. The second kappa shape index (κ2) is 7.61. The molecule has 1 aromatic rings. The maximum absolute atomic E-state index is 5.40. The zero-order chi connectivity index (χ0) is 12.7. The zero-order valence-corrected chi connectivity index (χ0v) is 12.0. The van der Waals surface area contributed by atoms with Crippen molar-refractivity contribution in [3.63, 3.8) is 0 Å². The molecule has 0 saturated heterocycles. The van der Waals surface area contributed by atoms with Gasteiger partial charge in [-0.2, -0.15) is 16.9 Å². The molecule has 0 saturated carbocycles. The standard InChI is InChI=1S/C12H23N3OS/c1-5-7-15-12(11(16-4)8-14-15)10(13-3)9-17-6-2/h8,10,13H,5-7,9H2,1-4H3. The van der Waals surface area contributed by atoms with E-state index < -0.39 is 0 Å². The van der Waals surface area contributed by atoms with Gasteiger partial charge in [-0.15, -0.1) is 0 Å². The molecular weight excluding hydrogens is 234 g/mol. The monoisotopic (exact) mass is 257 g/mol. The molecule has 17 heavy (non-hydrogen) atoms. The molecule has 0 bridgehead atoms. The number of hydrogen-bond donors (Lipinski definition) is 1. The predicted octanol–water partition coefficient (Wildman–Crippen LogP) is 2.32. The first-order valence-electron chi connectivity index (χ1n) is 6.13. The van der Waals surface area contributed by atoms with Crippen molar-refractivity contribution in [3.8, 4) is 5.75 Å². The minimum absolute atomic E-state index is 0.295. The van der Waals surface area contributed by atoms with E-state index in [4.69, 9.17) is 4.74 Å². The van der Waals surface area contributed by atoms with Crippen molar-refractivity contribution in [1.29, 1.82) is 0 Å². The topological polar surface area (TPSA) is 39.1 Å². The third-order valence-corrected chi connectivity index (χ3v) is 3.64. The van der Waals surface area contributed by atoms with Crippen molar-refractivity contribution in [2.24, 2.45) is 0 Å². The molecule has 0 aliphatic heterocycles. The van der Waals surface area contributed by atoms with Gasteiger partial charge in [0.1, 0.15) is 0 Å². The van der Waals surface area contributed by atoms with E-state index in [0.29, 0.717) is 6.04 Å². The molecule has 0 fully saturated rings. The number of methoxy groups -OCH3 is 1. The van der Waals surface area contributed by atoms with Crippen molar-refractivity contribution in [3.05, 3.63) is 11.9 Å². The highest BCUT2D eigenvalue weighted by Crippen LogP contribution is 2.27. The maximum atomic E-state index is 5.40. The lowest BCUT2D eigenvalue weighted by Crippen LogP contribution is -2.23. The van der Waals surface area contributed by atoms with Crippen LogP contribution in [0.25, 0.3) is 0 Å². The van der Waals surface area contributed by atoms with Gasteiger partial charge in [-0.05, 0) is 19.2 Å². The first kappa shape index (κ1) is 14.4. The van der Waals surface area contributed by atoms with E-state index >= 15 is 0 Å². The van der Waals surface area contributed by atoms with E-state index in [-0.39, 0.29) is 0 Å². The Bertz CT molecular complexity index is 328. The number of aryl methyl sites for hydroxylation is 1. The van der Waals surface area contributed by atoms with Crippen LogP contribution in [0, 0.1) is 0 Å². The van der Waals surface area contributed by atoms with Crippen LogP contribution in [0.15, 0.2) is 6.20 Å². The second-order valence-electron chi connectivity index (χ2n) is 3.82. The summed E-state index contributed by atoms with van der Waals surface area (Å²) >= 11 is 1.93. The summed E-state index contributed by atoms with van der Waals surface area (Å²) in [4.78, 5) is 0. The summed E-state index contributed by atoms with van der Waals surface area (Å²) in [5, 5.41) is 7.75. The van der Waals surface area contributed by atoms with E-state index in [1.165, 1.54) is 0 Å². The van der Waals surface area contributed by atoms with Gasteiger partial charge in [0.2, 0.25) is 0 Å². The second-order valence-corrected chi connectivity index (χ2v) is 5.14. The number of thioether (sulfide) groups is 1.